The number of carbonyl (C=O) groups excluding carboxylic acids is 1. The monoisotopic (exact) mass is 294 g/mol. The molecule has 0 aromatic rings. The summed E-state index contributed by atoms with van der Waals surface area (Å²) in [7, 11) is 0. The van der Waals surface area contributed by atoms with E-state index < -0.39 is 48.8 Å². The first kappa shape index (κ1) is 15.8. The Bertz CT molecular complexity index is 393. The maximum atomic E-state index is 13.1. The first-order valence-corrected chi connectivity index (χ1v) is 4.77. The number of ether oxygens (including phenoxy) is 2. The molecule has 2 unspecified atom stereocenters. The lowest BCUT2D eigenvalue weighted by molar-refractivity contribution is -0.407. The molecule has 1 rings (SSSR count). The fraction of sp³-hybridized carbons (Fsp3) is 0.667. The van der Waals surface area contributed by atoms with Gasteiger partial charge >= 0.3 is 23.9 Å². The van der Waals surface area contributed by atoms with Gasteiger partial charge in [-0.3, -0.25) is 0 Å². The van der Waals surface area contributed by atoms with Crippen LogP contribution in [0.15, 0.2) is 12.4 Å². The maximum Gasteiger partial charge on any atom is 0.449 e. The van der Waals surface area contributed by atoms with Crippen LogP contribution in [0.25, 0.3) is 0 Å². The highest BCUT2D eigenvalue weighted by Crippen LogP contribution is 2.50. The zero-order chi connectivity index (χ0) is 15.1. The summed E-state index contributed by atoms with van der Waals surface area (Å²) in [6, 6.07) is 0. The number of carbonyl (C=O) groups is 1. The molecule has 0 aliphatic carbocycles. The van der Waals surface area contributed by atoms with Crippen LogP contribution in [-0.2, 0) is 14.3 Å². The van der Waals surface area contributed by atoms with Gasteiger partial charge in [0, 0.05) is 6.42 Å². The molecular weight excluding hydrogens is 286 g/mol. The SMILES string of the molecule is C=C(F)C(=O)OCC1CC(F)(F)C(O)(C(F)(F)F)O1. The van der Waals surface area contributed by atoms with Crippen LogP contribution < -0.4 is 0 Å². The molecular formula is C9H8F6O4. The van der Waals surface area contributed by atoms with Crippen LogP contribution in [0.5, 0.6) is 0 Å². The molecule has 1 fully saturated rings. The van der Waals surface area contributed by atoms with Gasteiger partial charge in [-0.05, 0) is 0 Å². The van der Waals surface area contributed by atoms with Gasteiger partial charge in [0.15, 0.2) is 0 Å². The normalized spacial score (nSPS) is 30.2. The van der Waals surface area contributed by atoms with Gasteiger partial charge in [0.2, 0.25) is 5.83 Å². The van der Waals surface area contributed by atoms with Crippen LogP contribution in [0.1, 0.15) is 6.42 Å². The van der Waals surface area contributed by atoms with Gasteiger partial charge in [0.25, 0.3) is 0 Å². The van der Waals surface area contributed by atoms with Gasteiger partial charge < -0.3 is 14.6 Å². The van der Waals surface area contributed by atoms with Gasteiger partial charge in [0.1, 0.15) is 12.7 Å². The number of hydrogen-bond acceptors (Lipinski definition) is 4. The van der Waals surface area contributed by atoms with E-state index in [-0.39, 0.29) is 0 Å². The standard InChI is InChI=1S/C9H8F6O4/c1-4(10)6(16)18-3-5-2-7(11,12)8(17,19-5)9(13,14)15/h5,17H,1-3H2. The minimum absolute atomic E-state index is 1.07. The van der Waals surface area contributed by atoms with Gasteiger partial charge in [0.05, 0.1) is 0 Å². The van der Waals surface area contributed by atoms with Crippen LogP contribution in [0, 0.1) is 0 Å². The predicted molar refractivity (Wildman–Crippen MR) is 46.6 cm³/mol. The topological polar surface area (TPSA) is 55.8 Å². The Morgan fingerprint density at radius 1 is 1.47 bits per heavy atom. The second-order valence-electron chi connectivity index (χ2n) is 3.79. The van der Waals surface area contributed by atoms with Crippen molar-refractivity contribution in [2.45, 2.75) is 30.4 Å². The molecule has 0 bridgehead atoms. The summed E-state index contributed by atoms with van der Waals surface area (Å²) in [6.07, 6.45) is -9.20. The van der Waals surface area contributed by atoms with E-state index in [1.54, 1.807) is 0 Å². The Morgan fingerprint density at radius 3 is 2.37 bits per heavy atom. The molecule has 110 valence electrons. The Balaban J connectivity index is 2.74. The summed E-state index contributed by atoms with van der Waals surface area (Å²) < 4.78 is 83.1. The maximum absolute atomic E-state index is 13.1. The summed E-state index contributed by atoms with van der Waals surface area (Å²) in [5, 5.41) is 8.87. The van der Waals surface area contributed by atoms with Crippen LogP contribution in [-0.4, -0.2) is 41.7 Å². The average Bonchev–Trinajstić information content (AvgIpc) is 2.46. The summed E-state index contributed by atoms with van der Waals surface area (Å²) in [6.45, 7) is 1.46. The van der Waals surface area contributed by atoms with Gasteiger partial charge in [-0.25, -0.2) is 13.6 Å². The number of halogens is 6. The second kappa shape index (κ2) is 4.67. The Labute approximate surface area is 102 Å². The summed E-state index contributed by atoms with van der Waals surface area (Å²) in [5.41, 5.74) is 0. The first-order valence-electron chi connectivity index (χ1n) is 4.77. The first-order chi connectivity index (χ1) is 8.41. The van der Waals surface area contributed by atoms with Crippen LogP contribution in [0.3, 0.4) is 0 Å². The van der Waals surface area contributed by atoms with Crippen LogP contribution in [0.2, 0.25) is 0 Å². The average molecular weight is 294 g/mol. The van der Waals surface area contributed by atoms with Crippen LogP contribution >= 0.6 is 0 Å². The minimum Gasteiger partial charge on any atom is -0.458 e. The van der Waals surface area contributed by atoms with E-state index in [2.05, 4.69) is 16.1 Å². The molecule has 1 aliphatic heterocycles. The molecule has 10 heteroatoms. The number of hydrogen-bond donors (Lipinski definition) is 1. The number of rotatable bonds is 3. The van der Waals surface area contributed by atoms with Gasteiger partial charge in [-0.15, -0.1) is 0 Å². The van der Waals surface area contributed by atoms with Crippen molar-refractivity contribution >= 4 is 5.97 Å². The zero-order valence-electron chi connectivity index (χ0n) is 9.14. The Morgan fingerprint density at radius 2 is 2.00 bits per heavy atom. The molecule has 0 amide bonds. The highest BCUT2D eigenvalue weighted by Gasteiger charge is 2.75. The molecule has 0 radical (unpaired) electrons. The number of aliphatic hydroxyl groups is 1. The molecule has 1 aliphatic rings. The molecule has 0 saturated carbocycles. The van der Waals surface area contributed by atoms with E-state index in [1.807, 2.05) is 0 Å². The molecule has 0 aromatic heterocycles. The van der Waals surface area contributed by atoms with Crippen molar-refractivity contribution in [1.29, 1.82) is 0 Å². The molecule has 1 saturated heterocycles. The summed E-state index contributed by atoms with van der Waals surface area (Å²) in [4.78, 5) is 10.6. The highest BCUT2D eigenvalue weighted by molar-refractivity contribution is 5.85. The van der Waals surface area contributed by atoms with Crippen molar-refractivity contribution < 1.29 is 45.7 Å². The van der Waals surface area contributed by atoms with Crippen molar-refractivity contribution in [2.75, 3.05) is 6.61 Å². The molecule has 0 spiro atoms. The summed E-state index contributed by atoms with van der Waals surface area (Å²) >= 11 is 0. The molecule has 1 heterocycles. The Kier molecular flexibility index (Phi) is 3.88. The van der Waals surface area contributed by atoms with Crippen LogP contribution in [0.4, 0.5) is 26.3 Å². The van der Waals surface area contributed by atoms with Gasteiger partial charge in [-0.1, -0.05) is 6.58 Å². The predicted octanol–water partition coefficient (Wildman–Crippen LogP) is 1.69. The summed E-state index contributed by atoms with van der Waals surface area (Å²) in [5.74, 6) is -12.4. The highest BCUT2D eigenvalue weighted by atomic mass is 19.4. The fourth-order valence-corrected chi connectivity index (χ4v) is 1.41. The van der Waals surface area contributed by atoms with Crippen molar-refractivity contribution in [2.24, 2.45) is 0 Å². The second-order valence-corrected chi connectivity index (χ2v) is 3.79. The quantitative estimate of drug-likeness (QED) is 0.489. The van der Waals surface area contributed by atoms with Crippen molar-refractivity contribution in [3.63, 3.8) is 0 Å². The smallest absolute Gasteiger partial charge is 0.449 e. The third kappa shape index (κ3) is 2.84. The zero-order valence-corrected chi connectivity index (χ0v) is 9.14. The van der Waals surface area contributed by atoms with E-state index in [9.17, 15) is 31.1 Å². The van der Waals surface area contributed by atoms with E-state index in [0.29, 0.717) is 0 Å². The van der Waals surface area contributed by atoms with E-state index >= 15 is 0 Å². The van der Waals surface area contributed by atoms with Crippen molar-refractivity contribution in [3.8, 4) is 0 Å². The van der Waals surface area contributed by atoms with E-state index in [0.717, 1.165) is 0 Å². The largest absolute Gasteiger partial charge is 0.458 e. The van der Waals surface area contributed by atoms with Gasteiger partial charge in [-0.2, -0.15) is 17.6 Å². The fourth-order valence-electron chi connectivity index (χ4n) is 1.41. The lowest BCUT2D eigenvalue weighted by Gasteiger charge is -2.29. The minimum atomic E-state index is -5.74. The molecule has 4 nitrogen and oxygen atoms in total. The van der Waals surface area contributed by atoms with Crippen molar-refractivity contribution in [1.82, 2.24) is 0 Å². The lowest BCUT2D eigenvalue weighted by atomic mass is 10.1. The molecule has 2 atom stereocenters. The molecule has 0 aromatic carbocycles. The van der Waals surface area contributed by atoms with Crippen molar-refractivity contribution in [3.05, 3.63) is 12.4 Å². The van der Waals surface area contributed by atoms with E-state index in [1.165, 1.54) is 0 Å². The van der Waals surface area contributed by atoms with E-state index in [4.69, 9.17) is 5.11 Å². The third-order valence-electron chi connectivity index (χ3n) is 2.32. The number of esters is 1. The Hall–Kier alpha value is -1.29. The molecule has 19 heavy (non-hydrogen) atoms. The lowest BCUT2D eigenvalue weighted by Crippen LogP contribution is -2.56. The number of alkyl halides is 5. The third-order valence-corrected chi connectivity index (χ3v) is 2.32. The molecule has 1 N–H and O–H groups in total.